The number of hydrogen-bond acceptors (Lipinski definition) is 6. The largest absolute Gasteiger partial charge is 0.452 e. The maximum absolute atomic E-state index is 12.8. The molecule has 1 amide bonds. The molecule has 0 aliphatic rings. The first-order valence-corrected chi connectivity index (χ1v) is 11.5. The number of amides is 1. The minimum atomic E-state index is -0.599. The van der Waals surface area contributed by atoms with Gasteiger partial charge < -0.3 is 10.1 Å². The number of ether oxygens (including phenoxy) is 1. The van der Waals surface area contributed by atoms with E-state index in [1.165, 1.54) is 11.3 Å². The molecule has 8 heteroatoms. The summed E-state index contributed by atoms with van der Waals surface area (Å²) in [5.74, 6) is -1.00. The zero-order valence-corrected chi connectivity index (χ0v) is 18.3. The first kappa shape index (κ1) is 20.9. The van der Waals surface area contributed by atoms with Gasteiger partial charge in [-0.15, -0.1) is 23.1 Å². The van der Waals surface area contributed by atoms with Crippen molar-refractivity contribution < 1.29 is 14.3 Å². The molecule has 0 saturated heterocycles. The number of para-hydroxylation sites is 1. The fourth-order valence-electron chi connectivity index (χ4n) is 2.94. The van der Waals surface area contributed by atoms with Gasteiger partial charge in [-0.05, 0) is 48.0 Å². The highest BCUT2D eigenvalue weighted by atomic mass is 32.2. The number of nitrogens with one attached hydrogen (secondary N) is 1. The summed E-state index contributed by atoms with van der Waals surface area (Å²) in [5.41, 5.74) is 2.32. The molecule has 4 rings (SSSR count). The van der Waals surface area contributed by atoms with Crippen LogP contribution in [-0.4, -0.2) is 34.5 Å². The van der Waals surface area contributed by atoms with Crippen molar-refractivity contribution in [2.75, 3.05) is 18.2 Å². The van der Waals surface area contributed by atoms with Crippen LogP contribution in [-0.2, 0) is 9.53 Å². The van der Waals surface area contributed by atoms with Gasteiger partial charge in [-0.2, -0.15) is 5.10 Å². The van der Waals surface area contributed by atoms with E-state index in [1.807, 2.05) is 72.3 Å². The SMILES string of the molecule is CSc1cccc(NC(=O)COC(=O)c2cn(-c3ccccc3)nc2-c2cccs2)c1. The number of anilines is 1. The number of rotatable bonds is 7. The highest BCUT2D eigenvalue weighted by Gasteiger charge is 2.21. The van der Waals surface area contributed by atoms with Crippen molar-refractivity contribution in [3.63, 3.8) is 0 Å². The molecule has 31 heavy (non-hydrogen) atoms. The van der Waals surface area contributed by atoms with Crippen molar-refractivity contribution in [3.8, 4) is 16.3 Å². The van der Waals surface area contributed by atoms with Crippen LogP contribution in [0.2, 0.25) is 0 Å². The summed E-state index contributed by atoms with van der Waals surface area (Å²) in [6.07, 6.45) is 3.59. The van der Waals surface area contributed by atoms with Gasteiger partial charge >= 0.3 is 5.97 Å². The van der Waals surface area contributed by atoms with Crippen molar-refractivity contribution in [2.24, 2.45) is 0 Å². The van der Waals surface area contributed by atoms with Crippen LogP contribution in [0.15, 0.2) is 83.2 Å². The number of esters is 1. The molecule has 0 fully saturated rings. The molecule has 0 aliphatic heterocycles. The van der Waals surface area contributed by atoms with E-state index < -0.39 is 11.9 Å². The van der Waals surface area contributed by atoms with Gasteiger partial charge in [0.15, 0.2) is 6.61 Å². The molecule has 0 aliphatic carbocycles. The normalized spacial score (nSPS) is 10.6. The molecule has 0 bridgehead atoms. The van der Waals surface area contributed by atoms with E-state index in [1.54, 1.807) is 28.7 Å². The van der Waals surface area contributed by atoms with E-state index in [-0.39, 0.29) is 6.61 Å². The number of thioether (sulfide) groups is 1. The summed E-state index contributed by atoms with van der Waals surface area (Å²) in [5, 5.41) is 9.25. The van der Waals surface area contributed by atoms with Gasteiger partial charge in [0.25, 0.3) is 5.91 Å². The Morgan fingerprint density at radius 2 is 1.94 bits per heavy atom. The predicted molar refractivity (Wildman–Crippen MR) is 124 cm³/mol. The summed E-state index contributed by atoms with van der Waals surface area (Å²) in [6.45, 7) is -0.386. The van der Waals surface area contributed by atoms with Crippen molar-refractivity contribution in [2.45, 2.75) is 4.90 Å². The quantitative estimate of drug-likeness (QED) is 0.313. The number of benzene rings is 2. The standard InChI is InChI=1S/C23H19N3O3S2/c1-30-18-10-5-7-16(13-18)24-21(27)15-29-23(28)19-14-26(17-8-3-2-4-9-17)25-22(19)20-11-6-12-31-20/h2-14H,15H2,1H3,(H,24,27). The lowest BCUT2D eigenvalue weighted by atomic mass is 10.2. The van der Waals surface area contributed by atoms with E-state index >= 15 is 0 Å². The maximum atomic E-state index is 12.8. The van der Waals surface area contributed by atoms with Crippen LogP contribution in [0, 0.1) is 0 Å². The van der Waals surface area contributed by atoms with E-state index in [9.17, 15) is 9.59 Å². The molecule has 156 valence electrons. The van der Waals surface area contributed by atoms with Gasteiger partial charge in [-0.3, -0.25) is 4.79 Å². The highest BCUT2D eigenvalue weighted by Crippen LogP contribution is 2.28. The number of nitrogens with zero attached hydrogens (tertiary/aromatic N) is 2. The molecule has 0 radical (unpaired) electrons. The Morgan fingerprint density at radius 3 is 2.68 bits per heavy atom. The van der Waals surface area contributed by atoms with Gasteiger partial charge in [0, 0.05) is 16.8 Å². The van der Waals surface area contributed by atoms with Crippen molar-refractivity contribution >= 4 is 40.7 Å². The van der Waals surface area contributed by atoms with Crippen LogP contribution < -0.4 is 5.32 Å². The molecule has 2 aromatic heterocycles. The van der Waals surface area contributed by atoms with Crippen LogP contribution in [0.3, 0.4) is 0 Å². The second-order valence-electron chi connectivity index (χ2n) is 6.51. The zero-order chi connectivity index (χ0) is 21.6. The number of hydrogen-bond donors (Lipinski definition) is 1. The third-order valence-electron chi connectivity index (χ3n) is 4.40. The van der Waals surface area contributed by atoms with E-state index in [0.29, 0.717) is 16.9 Å². The first-order valence-electron chi connectivity index (χ1n) is 9.44. The van der Waals surface area contributed by atoms with Gasteiger partial charge in [-0.1, -0.05) is 30.3 Å². The fourth-order valence-corrected chi connectivity index (χ4v) is 4.12. The van der Waals surface area contributed by atoms with Crippen LogP contribution in [0.4, 0.5) is 5.69 Å². The average Bonchev–Trinajstić information content (AvgIpc) is 3.48. The lowest BCUT2D eigenvalue weighted by Crippen LogP contribution is -2.21. The fraction of sp³-hybridized carbons (Fsp3) is 0.0870. The van der Waals surface area contributed by atoms with Gasteiger partial charge in [0.1, 0.15) is 11.3 Å². The van der Waals surface area contributed by atoms with E-state index in [4.69, 9.17) is 4.74 Å². The Labute approximate surface area is 187 Å². The summed E-state index contributed by atoms with van der Waals surface area (Å²) in [7, 11) is 0. The monoisotopic (exact) mass is 449 g/mol. The van der Waals surface area contributed by atoms with E-state index in [2.05, 4.69) is 10.4 Å². The Kier molecular flexibility index (Phi) is 6.49. The van der Waals surface area contributed by atoms with Gasteiger partial charge in [0.2, 0.25) is 0 Å². The molecular formula is C23H19N3O3S2. The average molecular weight is 450 g/mol. The van der Waals surface area contributed by atoms with Crippen molar-refractivity contribution in [3.05, 3.63) is 83.9 Å². The van der Waals surface area contributed by atoms with Crippen LogP contribution in [0.25, 0.3) is 16.3 Å². The van der Waals surface area contributed by atoms with Crippen LogP contribution in [0.1, 0.15) is 10.4 Å². The minimum Gasteiger partial charge on any atom is -0.452 e. The Balaban J connectivity index is 1.49. The number of carbonyl (C=O) groups is 2. The zero-order valence-electron chi connectivity index (χ0n) is 16.6. The van der Waals surface area contributed by atoms with Crippen LogP contribution in [0.5, 0.6) is 0 Å². The lowest BCUT2D eigenvalue weighted by Gasteiger charge is -2.07. The summed E-state index contributed by atoms with van der Waals surface area (Å²) >= 11 is 3.06. The van der Waals surface area contributed by atoms with Crippen LogP contribution >= 0.6 is 23.1 Å². The molecule has 0 atom stereocenters. The molecule has 2 aromatic carbocycles. The number of carbonyl (C=O) groups excluding carboxylic acids is 2. The smallest absolute Gasteiger partial charge is 0.342 e. The Hall–Kier alpha value is -3.36. The lowest BCUT2D eigenvalue weighted by molar-refractivity contribution is -0.119. The van der Waals surface area contributed by atoms with Gasteiger partial charge in [-0.25, -0.2) is 9.48 Å². The second-order valence-corrected chi connectivity index (χ2v) is 8.33. The summed E-state index contributed by atoms with van der Waals surface area (Å²) in [4.78, 5) is 27.0. The third-order valence-corrected chi connectivity index (χ3v) is 6.00. The molecule has 0 unspecified atom stereocenters. The van der Waals surface area contributed by atoms with E-state index in [0.717, 1.165) is 15.5 Å². The molecular weight excluding hydrogens is 430 g/mol. The molecule has 0 saturated carbocycles. The molecule has 4 aromatic rings. The molecule has 2 heterocycles. The summed E-state index contributed by atoms with van der Waals surface area (Å²) < 4.78 is 6.94. The Bertz CT molecular complexity index is 1190. The van der Waals surface area contributed by atoms with Crippen molar-refractivity contribution in [1.29, 1.82) is 0 Å². The summed E-state index contributed by atoms with van der Waals surface area (Å²) in [6, 6.07) is 20.8. The Morgan fingerprint density at radius 1 is 1.10 bits per heavy atom. The first-order chi connectivity index (χ1) is 15.1. The minimum absolute atomic E-state index is 0.309. The number of thiophene rings is 1. The molecule has 0 spiro atoms. The number of aromatic nitrogens is 2. The third kappa shape index (κ3) is 5.04. The second kappa shape index (κ2) is 9.63. The highest BCUT2D eigenvalue weighted by molar-refractivity contribution is 7.98. The topological polar surface area (TPSA) is 73.2 Å². The predicted octanol–water partition coefficient (Wildman–Crippen LogP) is 5.12. The molecule has 1 N–H and O–H groups in total. The maximum Gasteiger partial charge on any atom is 0.342 e. The van der Waals surface area contributed by atoms with Crippen molar-refractivity contribution in [1.82, 2.24) is 9.78 Å². The van der Waals surface area contributed by atoms with Gasteiger partial charge in [0.05, 0.1) is 10.6 Å². The molecule has 6 nitrogen and oxygen atoms in total.